The zero-order chi connectivity index (χ0) is 12.1. The average molecular weight is 223 g/mol. The summed E-state index contributed by atoms with van der Waals surface area (Å²) in [5.41, 5.74) is 4.03. The van der Waals surface area contributed by atoms with Crippen molar-refractivity contribution in [3.63, 3.8) is 0 Å². The van der Waals surface area contributed by atoms with E-state index in [0.29, 0.717) is 11.6 Å². The molecule has 0 saturated heterocycles. The lowest BCUT2D eigenvalue weighted by Crippen LogP contribution is -2.08. The highest BCUT2D eigenvalue weighted by atomic mass is 19.1. The predicted octanol–water partition coefficient (Wildman–Crippen LogP) is 2.44. The Balaban J connectivity index is 2.95. The number of aromatic nitrogens is 1. The molecule has 0 aliphatic rings. The molecule has 4 nitrogen and oxygen atoms in total. The maximum absolute atomic E-state index is 12.9. The van der Waals surface area contributed by atoms with Gasteiger partial charge in [0.05, 0.1) is 11.9 Å². The minimum Gasteiger partial charge on any atom is -0.436 e. The Labute approximate surface area is 93.6 Å². The molecule has 86 valence electrons. The van der Waals surface area contributed by atoms with Gasteiger partial charge in [0.1, 0.15) is 5.83 Å². The standard InChI is InChI=1S/C11H14FN3O/c1-4-10(8(3)12)16-11-5-7(2)9(15-13)6-14-11/h4-6,15H,1,13H2,2-3H3/b10-8-. The number of nitrogens with zero attached hydrogens (tertiary/aromatic N) is 1. The summed E-state index contributed by atoms with van der Waals surface area (Å²) in [6, 6.07) is 1.65. The molecule has 0 aliphatic heterocycles. The van der Waals surface area contributed by atoms with Crippen molar-refractivity contribution in [2.45, 2.75) is 13.8 Å². The normalized spacial score (nSPS) is 11.8. The first-order chi connectivity index (χ1) is 7.58. The van der Waals surface area contributed by atoms with Crippen molar-refractivity contribution in [2.75, 3.05) is 5.43 Å². The van der Waals surface area contributed by atoms with Crippen LogP contribution in [0.15, 0.2) is 36.5 Å². The van der Waals surface area contributed by atoms with E-state index in [1.165, 1.54) is 19.2 Å². The molecule has 3 N–H and O–H groups in total. The van der Waals surface area contributed by atoms with Crippen molar-refractivity contribution in [3.05, 3.63) is 42.1 Å². The summed E-state index contributed by atoms with van der Waals surface area (Å²) >= 11 is 0. The lowest BCUT2D eigenvalue weighted by Gasteiger charge is -2.08. The summed E-state index contributed by atoms with van der Waals surface area (Å²) < 4.78 is 18.1. The molecule has 1 aromatic rings. The fourth-order valence-corrected chi connectivity index (χ4v) is 1.10. The van der Waals surface area contributed by atoms with Gasteiger partial charge in [-0.3, -0.25) is 5.84 Å². The van der Waals surface area contributed by atoms with Crippen LogP contribution >= 0.6 is 0 Å². The van der Waals surface area contributed by atoms with E-state index in [4.69, 9.17) is 10.6 Å². The number of anilines is 1. The summed E-state index contributed by atoms with van der Waals surface area (Å²) in [5, 5.41) is 0. The molecule has 0 saturated carbocycles. The summed E-state index contributed by atoms with van der Waals surface area (Å²) in [6.07, 6.45) is 2.81. The van der Waals surface area contributed by atoms with Crippen LogP contribution in [0.25, 0.3) is 0 Å². The van der Waals surface area contributed by atoms with Gasteiger partial charge in [-0.25, -0.2) is 9.37 Å². The topological polar surface area (TPSA) is 60.2 Å². The zero-order valence-electron chi connectivity index (χ0n) is 9.25. The van der Waals surface area contributed by atoms with Crippen LogP contribution in [-0.2, 0) is 0 Å². The predicted molar refractivity (Wildman–Crippen MR) is 61.4 cm³/mol. The lowest BCUT2D eigenvalue weighted by molar-refractivity contribution is 0.399. The Kier molecular flexibility index (Phi) is 4.02. The SMILES string of the molecule is C=C/C(Oc1cc(C)c(NN)cn1)=C(\C)F. The quantitative estimate of drug-likeness (QED) is 0.356. The fraction of sp³-hybridized carbons (Fsp3) is 0.182. The van der Waals surface area contributed by atoms with Crippen molar-refractivity contribution in [1.82, 2.24) is 4.98 Å². The molecule has 0 spiro atoms. The van der Waals surface area contributed by atoms with Gasteiger partial charge in [0.2, 0.25) is 5.88 Å². The number of halogens is 1. The second kappa shape index (κ2) is 5.27. The van der Waals surface area contributed by atoms with Gasteiger partial charge in [-0.1, -0.05) is 6.58 Å². The molecule has 0 fully saturated rings. The minimum atomic E-state index is -0.449. The van der Waals surface area contributed by atoms with Gasteiger partial charge in [-0.15, -0.1) is 0 Å². The van der Waals surface area contributed by atoms with E-state index in [1.807, 2.05) is 6.92 Å². The number of aryl methyl sites for hydroxylation is 1. The number of ether oxygens (including phenoxy) is 1. The van der Waals surface area contributed by atoms with Crippen LogP contribution in [0.4, 0.5) is 10.1 Å². The molecule has 0 atom stereocenters. The monoisotopic (exact) mass is 223 g/mol. The number of pyridine rings is 1. The number of nitrogens with two attached hydrogens (primary N) is 1. The maximum Gasteiger partial charge on any atom is 0.219 e. The molecule has 0 radical (unpaired) electrons. The number of hydrazine groups is 1. The number of nitrogen functional groups attached to an aromatic ring is 1. The molecule has 1 heterocycles. The second-order valence-corrected chi connectivity index (χ2v) is 3.19. The molecule has 16 heavy (non-hydrogen) atoms. The molecular formula is C11H14FN3O. The van der Waals surface area contributed by atoms with E-state index in [-0.39, 0.29) is 5.76 Å². The van der Waals surface area contributed by atoms with Gasteiger partial charge < -0.3 is 10.2 Å². The number of hydrogen-bond acceptors (Lipinski definition) is 4. The summed E-state index contributed by atoms with van der Waals surface area (Å²) in [5.74, 6) is 5.16. The Morgan fingerprint density at radius 1 is 1.69 bits per heavy atom. The van der Waals surface area contributed by atoms with Gasteiger partial charge >= 0.3 is 0 Å². The number of rotatable bonds is 4. The van der Waals surface area contributed by atoms with Gasteiger partial charge in [0.15, 0.2) is 5.76 Å². The smallest absolute Gasteiger partial charge is 0.219 e. The summed E-state index contributed by atoms with van der Waals surface area (Å²) in [4.78, 5) is 3.97. The van der Waals surface area contributed by atoms with Crippen LogP contribution in [0, 0.1) is 6.92 Å². The summed E-state index contributed by atoms with van der Waals surface area (Å²) in [6.45, 7) is 6.58. The second-order valence-electron chi connectivity index (χ2n) is 3.19. The first-order valence-electron chi connectivity index (χ1n) is 4.68. The zero-order valence-corrected chi connectivity index (χ0v) is 9.25. The third-order valence-corrected chi connectivity index (χ3v) is 1.98. The Bertz CT molecular complexity index is 425. The van der Waals surface area contributed by atoms with E-state index in [9.17, 15) is 4.39 Å². The van der Waals surface area contributed by atoms with E-state index in [1.54, 1.807) is 6.07 Å². The Morgan fingerprint density at radius 2 is 2.38 bits per heavy atom. The van der Waals surface area contributed by atoms with Crippen LogP contribution in [0.3, 0.4) is 0 Å². The third-order valence-electron chi connectivity index (χ3n) is 1.98. The van der Waals surface area contributed by atoms with Crippen molar-refractivity contribution in [1.29, 1.82) is 0 Å². The maximum atomic E-state index is 12.9. The van der Waals surface area contributed by atoms with E-state index in [2.05, 4.69) is 17.0 Å². The third kappa shape index (κ3) is 2.80. The first-order valence-corrected chi connectivity index (χ1v) is 4.68. The van der Waals surface area contributed by atoms with Gasteiger partial charge in [-0.05, 0) is 25.5 Å². The van der Waals surface area contributed by atoms with Crippen molar-refractivity contribution in [2.24, 2.45) is 5.84 Å². The molecule has 5 heteroatoms. The Morgan fingerprint density at radius 3 is 2.81 bits per heavy atom. The van der Waals surface area contributed by atoms with Crippen LogP contribution in [0.2, 0.25) is 0 Å². The minimum absolute atomic E-state index is 0.0559. The molecule has 0 aromatic carbocycles. The van der Waals surface area contributed by atoms with E-state index >= 15 is 0 Å². The largest absolute Gasteiger partial charge is 0.436 e. The van der Waals surface area contributed by atoms with Gasteiger partial charge in [0.25, 0.3) is 0 Å². The summed E-state index contributed by atoms with van der Waals surface area (Å²) in [7, 11) is 0. The number of nitrogens with one attached hydrogen (secondary N) is 1. The highest BCUT2D eigenvalue weighted by molar-refractivity contribution is 5.49. The fourth-order valence-electron chi connectivity index (χ4n) is 1.10. The lowest BCUT2D eigenvalue weighted by atomic mass is 10.2. The van der Waals surface area contributed by atoms with Crippen molar-refractivity contribution in [3.8, 4) is 5.88 Å². The van der Waals surface area contributed by atoms with Crippen molar-refractivity contribution >= 4 is 5.69 Å². The van der Waals surface area contributed by atoms with Crippen molar-refractivity contribution < 1.29 is 9.13 Å². The number of allylic oxidation sites excluding steroid dienone is 2. The molecule has 0 amide bonds. The average Bonchev–Trinajstić information content (AvgIpc) is 2.25. The number of hydrogen-bond donors (Lipinski definition) is 2. The van der Waals surface area contributed by atoms with Crippen LogP contribution in [0.1, 0.15) is 12.5 Å². The molecular weight excluding hydrogens is 209 g/mol. The highest BCUT2D eigenvalue weighted by Gasteiger charge is 2.05. The molecule has 0 unspecified atom stereocenters. The van der Waals surface area contributed by atoms with Gasteiger partial charge in [0, 0.05) is 6.07 Å². The van der Waals surface area contributed by atoms with Gasteiger partial charge in [-0.2, -0.15) is 0 Å². The van der Waals surface area contributed by atoms with E-state index < -0.39 is 5.83 Å². The van der Waals surface area contributed by atoms with E-state index in [0.717, 1.165) is 5.56 Å². The molecule has 0 bridgehead atoms. The molecule has 1 aromatic heterocycles. The molecule has 1 rings (SSSR count). The van der Waals surface area contributed by atoms with Crippen LogP contribution < -0.4 is 16.0 Å². The van der Waals surface area contributed by atoms with Crippen LogP contribution in [0.5, 0.6) is 5.88 Å². The first kappa shape index (κ1) is 12.2. The highest BCUT2D eigenvalue weighted by Crippen LogP contribution is 2.20. The molecule has 0 aliphatic carbocycles. The Hall–Kier alpha value is -1.88. The van der Waals surface area contributed by atoms with Crippen LogP contribution in [-0.4, -0.2) is 4.98 Å².